The molecule has 3 atom stereocenters. The topological polar surface area (TPSA) is 32.7 Å². The number of benzene rings is 1. The summed E-state index contributed by atoms with van der Waals surface area (Å²) >= 11 is 0. The Kier molecular flexibility index (Phi) is 5.37. The molecule has 1 heterocycles. The second kappa shape index (κ2) is 7.04. The maximum atomic E-state index is 9.20. The van der Waals surface area contributed by atoms with E-state index in [9.17, 15) is 5.11 Å². The van der Waals surface area contributed by atoms with Crippen LogP contribution in [-0.2, 0) is 4.74 Å². The number of aliphatic hydroxyl groups is 1. The number of hydrogen-bond donors (Lipinski definition) is 1. The van der Waals surface area contributed by atoms with Gasteiger partial charge in [-0.1, -0.05) is 37.3 Å². The minimum absolute atomic E-state index is 0.0109. The van der Waals surface area contributed by atoms with Gasteiger partial charge in [-0.05, 0) is 31.4 Å². The van der Waals surface area contributed by atoms with E-state index in [1.165, 1.54) is 5.56 Å². The standard InChI is InChI=1S/C16H25NO2/c1-13(15-6-4-3-5-7-15)8-9-17-10-16(11-18)19-12-14(17)2/h3-7,13-14,16,18H,8-12H2,1-2H3. The lowest BCUT2D eigenvalue weighted by Crippen LogP contribution is -2.49. The largest absolute Gasteiger partial charge is 0.394 e. The van der Waals surface area contributed by atoms with Crippen LogP contribution in [0.2, 0.25) is 0 Å². The fraction of sp³-hybridized carbons (Fsp3) is 0.625. The van der Waals surface area contributed by atoms with E-state index in [1.54, 1.807) is 0 Å². The molecule has 1 aromatic carbocycles. The zero-order chi connectivity index (χ0) is 13.7. The molecule has 1 aliphatic heterocycles. The van der Waals surface area contributed by atoms with Crippen LogP contribution in [-0.4, -0.2) is 48.5 Å². The summed E-state index contributed by atoms with van der Waals surface area (Å²) in [6.07, 6.45) is 1.13. The van der Waals surface area contributed by atoms with Crippen LogP contribution in [0.5, 0.6) is 0 Å². The van der Waals surface area contributed by atoms with Gasteiger partial charge in [0.05, 0.1) is 19.3 Å². The Hall–Kier alpha value is -0.900. The molecule has 1 saturated heterocycles. The van der Waals surface area contributed by atoms with Crippen LogP contribution >= 0.6 is 0 Å². The zero-order valence-corrected chi connectivity index (χ0v) is 12.0. The number of morpholine rings is 1. The van der Waals surface area contributed by atoms with E-state index < -0.39 is 0 Å². The summed E-state index contributed by atoms with van der Waals surface area (Å²) in [4.78, 5) is 2.43. The molecule has 1 aliphatic rings. The highest BCUT2D eigenvalue weighted by molar-refractivity contribution is 5.18. The number of rotatable bonds is 5. The van der Waals surface area contributed by atoms with Crippen molar-refractivity contribution in [2.75, 3.05) is 26.3 Å². The van der Waals surface area contributed by atoms with Crippen molar-refractivity contribution in [3.63, 3.8) is 0 Å². The van der Waals surface area contributed by atoms with Gasteiger partial charge in [-0.25, -0.2) is 0 Å². The van der Waals surface area contributed by atoms with Crippen molar-refractivity contribution in [1.29, 1.82) is 0 Å². The second-order valence-electron chi connectivity index (χ2n) is 5.58. The minimum Gasteiger partial charge on any atom is -0.394 e. The average Bonchev–Trinajstić information content (AvgIpc) is 2.47. The van der Waals surface area contributed by atoms with Crippen LogP contribution in [0.3, 0.4) is 0 Å². The van der Waals surface area contributed by atoms with Gasteiger partial charge >= 0.3 is 0 Å². The summed E-state index contributed by atoms with van der Waals surface area (Å²) in [6.45, 7) is 7.24. The Labute approximate surface area is 116 Å². The van der Waals surface area contributed by atoms with Crippen molar-refractivity contribution in [1.82, 2.24) is 4.90 Å². The number of ether oxygens (including phenoxy) is 1. The van der Waals surface area contributed by atoms with Crippen LogP contribution < -0.4 is 0 Å². The van der Waals surface area contributed by atoms with E-state index in [2.05, 4.69) is 49.1 Å². The van der Waals surface area contributed by atoms with Crippen LogP contribution in [0.25, 0.3) is 0 Å². The molecular weight excluding hydrogens is 238 g/mol. The molecule has 0 saturated carbocycles. The highest BCUT2D eigenvalue weighted by Crippen LogP contribution is 2.20. The Balaban J connectivity index is 1.84. The molecule has 0 aliphatic carbocycles. The third-order valence-corrected chi connectivity index (χ3v) is 4.06. The Morgan fingerprint density at radius 1 is 1.37 bits per heavy atom. The first-order valence-corrected chi connectivity index (χ1v) is 7.22. The van der Waals surface area contributed by atoms with Gasteiger partial charge in [0.25, 0.3) is 0 Å². The van der Waals surface area contributed by atoms with Gasteiger partial charge in [-0.2, -0.15) is 0 Å². The summed E-state index contributed by atoms with van der Waals surface area (Å²) in [5.74, 6) is 0.573. The quantitative estimate of drug-likeness (QED) is 0.884. The summed E-state index contributed by atoms with van der Waals surface area (Å²) in [5.41, 5.74) is 1.40. The molecule has 1 N–H and O–H groups in total. The molecule has 0 radical (unpaired) electrons. The smallest absolute Gasteiger partial charge is 0.0933 e. The summed E-state index contributed by atoms with van der Waals surface area (Å²) < 4.78 is 5.57. The summed E-state index contributed by atoms with van der Waals surface area (Å²) in [7, 11) is 0. The average molecular weight is 263 g/mol. The first kappa shape index (κ1) is 14.5. The van der Waals surface area contributed by atoms with Crippen LogP contribution in [0.15, 0.2) is 30.3 Å². The lowest BCUT2D eigenvalue weighted by Gasteiger charge is -2.37. The van der Waals surface area contributed by atoms with Gasteiger partial charge in [0.2, 0.25) is 0 Å². The fourth-order valence-corrected chi connectivity index (χ4v) is 2.60. The van der Waals surface area contributed by atoms with Crippen molar-refractivity contribution in [2.24, 2.45) is 0 Å². The fourth-order valence-electron chi connectivity index (χ4n) is 2.60. The molecule has 106 valence electrons. The van der Waals surface area contributed by atoms with Crippen molar-refractivity contribution < 1.29 is 9.84 Å². The normalized spacial score (nSPS) is 26.3. The van der Waals surface area contributed by atoms with E-state index in [1.807, 2.05) is 0 Å². The molecule has 2 rings (SSSR count). The number of hydrogen-bond acceptors (Lipinski definition) is 3. The second-order valence-corrected chi connectivity index (χ2v) is 5.58. The molecular formula is C16H25NO2. The molecule has 3 unspecified atom stereocenters. The van der Waals surface area contributed by atoms with Gasteiger partial charge in [0.1, 0.15) is 0 Å². The molecule has 1 fully saturated rings. The van der Waals surface area contributed by atoms with E-state index in [0.717, 1.165) is 26.1 Å². The van der Waals surface area contributed by atoms with Gasteiger partial charge in [0.15, 0.2) is 0 Å². The molecule has 19 heavy (non-hydrogen) atoms. The minimum atomic E-state index is -0.0109. The highest BCUT2D eigenvalue weighted by atomic mass is 16.5. The van der Waals surface area contributed by atoms with E-state index in [-0.39, 0.29) is 12.7 Å². The maximum Gasteiger partial charge on any atom is 0.0933 e. The molecule has 0 amide bonds. The van der Waals surface area contributed by atoms with Gasteiger partial charge in [-0.15, -0.1) is 0 Å². The van der Waals surface area contributed by atoms with E-state index >= 15 is 0 Å². The van der Waals surface area contributed by atoms with Gasteiger partial charge < -0.3 is 9.84 Å². The molecule has 3 nitrogen and oxygen atoms in total. The SMILES string of the molecule is CC(CCN1CC(CO)OCC1C)c1ccccc1. The van der Waals surface area contributed by atoms with Crippen molar-refractivity contribution in [3.05, 3.63) is 35.9 Å². The highest BCUT2D eigenvalue weighted by Gasteiger charge is 2.25. The van der Waals surface area contributed by atoms with Gasteiger partial charge in [-0.3, -0.25) is 4.90 Å². The molecule has 1 aromatic rings. The van der Waals surface area contributed by atoms with Crippen molar-refractivity contribution >= 4 is 0 Å². The number of aliphatic hydroxyl groups excluding tert-OH is 1. The van der Waals surface area contributed by atoms with Crippen LogP contribution in [0.1, 0.15) is 31.7 Å². The lowest BCUT2D eigenvalue weighted by atomic mass is 9.97. The summed E-state index contributed by atoms with van der Waals surface area (Å²) in [6, 6.07) is 11.1. The Morgan fingerprint density at radius 2 is 2.11 bits per heavy atom. The van der Waals surface area contributed by atoms with Crippen LogP contribution in [0, 0.1) is 0 Å². The zero-order valence-electron chi connectivity index (χ0n) is 12.0. The first-order valence-electron chi connectivity index (χ1n) is 7.22. The van der Waals surface area contributed by atoms with Gasteiger partial charge in [0, 0.05) is 12.6 Å². The van der Waals surface area contributed by atoms with E-state index in [4.69, 9.17) is 4.74 Å². The third kappa shape index (κ3) is 4.03. The van der Waals surface area contributed by atoms with E-state index in [0.29, 0.717) is 12.0 Å². The van der Waals surface area contributed by atoms with Crippen LogP contribution in [0.4, 0.5) is 0 Å². The number of nitrogens with zero attached hydrogens (tertiary/aromatic N) is 1. The molecule has 0 aromatic heterocycles. The van der Waals surface area contributed by atoms with Crippen molar-refractivity contribution in [2.45, 2.75) is 38.3 Å². The summed E-state index contributed by atoms with van der Waals surface area (Å²) in [5, 5.41) is 9.20. The monoisotopic (exact) mass is 263 g/mol. The maximum absolute atomic E-state index is 9.20. The Bertz CT molecular complexity index is 368. The predicted molar refractivity (Wildman–Crippen MR) is 77.3 cm³/mol. The molecule has 3 heteroatoms. The molecule has 0 bridgehead atoms. The first-order chi connectivity index (χ1) is 9.20. The predicted octanol–water partition coefficient (Wildman–Crippen LogP) is 2.26. The molecule has 0 spiro atoms. The van der Waals surface area contributed by atoms with Crippen molar-refractivity contribution in [3.8, 4) is 0 Å². The Morgan fingerprint density at radius 3 is 2.79 bits per heavy atom. The third-order valence-electron chi connectivity index (χ3n) is 4.06. The lowest BCUT2D eigenvalue weighted by molar-refractivity contribution is -0.0781.